The third-order valence-corrected chi connectivity index (χ3v) is 24.1. The zero-order valence-electron chi connectivity index (χ0n) is 60.5. The van der Waals surface area contributed by atoms with Crippen molar-refractivity contribution in [3.8, 4) is 0 Å². The normalized spacial score (nSPS) is 31.2. The van der Waals surface area contributed by atoms with Crippen LogP contribution in [0.2, 0.25) is 10.0 Å². The number of amides is 1. The van der Waals surface area contributed by atoms with Crippen LogP contribution in [-0.2, 0) is 22.4 Å². The fourth-order valence-corrected chi connectivity index (χ4v) is 16.9. The molecule has 11 rings (SSSR count). The smallest absolute Gasteiger partial charge is 0.239 e. The van der Waals surface area contributed by atoms with E-state index < -0.39 is 0 Å². The quantitative estimate of drug-likeness (QED) is 0.187. The van der Waals surface area contributed by atoms with Crippen LogP contribution in [0.1, 0.15) is 160 Å². The van der Waals surface area contributed by atoms with Gasteiger partial charge in [-0.1, -0.05) is 131 Å². The molecule has 1 aliphatic carbocycles. The largest absolute Gasteiger partial charge is 0.377 e. The summed E-state index contributed by atoms with van der Waals surface area (Å²) in [6, 6.07) is 18.0. The molecular formula is C77H132Cl2N12O2. The first kappa shape index (κ1) is 76.2. The summed E-state index contributed by atoms with van der Waals surface area (Å²) >= 11 is 13.2. The maximum atomic E-state index is 15.1. The molecule has 2 aromatic carbocycles. The lowest BCUT2D eigenvalue weighted by Crippen LogP contribution is -2.62. The van der Waals surface area contributed by atoms with Crippen molar-refractivity contribution < 1.29 is 9.53 Å². The maximum absolute atomic E-state index is 15.1. The summed E-state index contributed by atoms with van der Waals surface area (Å²) in [4.78, 5) is 38.8. The van der Waals surface area contributed by atoms with Gasteiger partial charge in [-0.2, -0.15) is 0 Å². The number of benzene rings is 2. The molecule has 0 radical (unpaired) electrons. The molecule has 8 heterocycles. The SMILES string of the molecule is CCO[C@@H]1C[C@H]2CNC3(CCC3)CN(C)[C@@H](C(CC)CC)CN(C)[C@H](C(=O)N3CCCC3)CCN(C)[C@H]3CCCC/C=C/c4ccc(cc4)C[C@@H](CN(C)CCN[C@@H](CCc4ccc(Cl)c(Cl)c4)CN2C1)N1CC/C=C\C[C@@H](C1)N(C)CCN(C)C[C@H]([C@@H](C)CC)NC3. The van der Waals surface area contributed by atoms with Gasteiger partial charge in [0.2, 0.25) is 5.91 Å². The molecule has 0 aromatic heterocycles. The van der Waals surface area contributed by atoms with Crippen LogP contribution in [0.15, 0.2) is 60.7 Å². The molecule has 4 fully saturated rings. The molecule has 526 valence electrons. The summed E-state index contributed by atoms with van der Waals surface area (Å²) in [5.41, 5.74) is 3.98. The van der Waals surface area contributed by atoms with Crippen molar-refractivity contribution in [2.45, 2.75) is 217 Å². The highest BCUT2D eigenvalue weighted by Gasteiger charge is 2.43. The second kappa shape index (κ2) is 39.3. The van der Waals surface area contributed by atoms with Crippen LogP contribution in [0.5, 0.6) is 0 Å². The predicted molar refractivity (Wildman–Crippen MR) is 394 cm³/mol. The van der Waals surface area contributed by atoms with E-state index in [1.807, 2.05) is 6.07 Å². The van der Waals surface area contributed by atoms with E-state index in [2.05, 4.69) is 198 Å². The number of carbonyl (C=O) groups is 1. The zero-order chi connectivity index (χ0) is 66.3. The van der Waals surface area contributed by atoms with Crippen molar-refractivity contribution in [3.63, 3.8) is 0 Å². The van der Waals surface area contributed by atoms with Gasteiger partial charge >= 0.3 is 0 Å². The molecule has 9 aliphatic rings. The van der Waals surface area contributed by atoms with E-state index in [9.17, 15) is 0 Å². The third kappa shape index (κ3) is 23.6. The van der Waals surface area contributed by atoms with Crippen LogP contribution in [0.25, 0.3) is 6.08 Å². The average Bonchev–Trinajstić information content (AvgIpc) is 1.59. The number of hydrogen-bond donors (Lipinski definition) is 3. The molecule has 8 aliphatic heterocycles. The number of allylic oxidation sites excluding steroid dienone is 1. The van der Waals surface area contributed by atoms with Crippen LogP contribution in [0.4, 0.5) is 0 Å². The molecular weight excluding hydrogens is 1200 g/mol. The van der Waals surface area contributed by atoms with Crippen molar-refractivity contribution in [3.05, 3.63) is 87.4 Å². The maximum Gasteiger partial charge on any atom is 0.239 e. The number of halogens is 2. The summed E-state index contributed by atoms with van der Waals surface area (Å²) in [7, 11) is 14.2. The topological polar surface area (TPSA) is 91.5 Å². The van der Waals surface area contributed by atoms with Gasteiger partial charge in [0.15, 0.2) is 0 Å². The molecule has 1 unspecified atom stereocenters. The van der Waals surface area contributed by atoms with Gasteiger partial charge in [-0.15, -0.1) is 0 Å². The molecule has 3 saturated heterocycles. The lowest BCUT2D eigenvalue weighted by molar-refractivity contribution is -0.136. The standard InChI is InChI=1S/C77H132Cl2N12O2/c1-12-60(5)73-57-84(7)46-47-86(9)67-28-21-18-22-43-90(55-67)69-48-62-31-29-61(30-32-62)26-19-16-17-20-27-66(51-81-73)85(8)44-37-74(76(92)89-41-23-24-42-89)87(10)58-75(64(13-2)14-3)88(11)59-77(38-25-39-77)82-52-68-50-70(93-15-4)56-91(68)53-65(80-40-45-83(6)54-69)35-33-63-34-36-71(78)72(79)49-63/h18-19,21,26,29-32,34,36,49,60,64-70,73-75,80-82H,12-17,20,22-25,27-28,33,35,37-48,50-59H2,1-11H3/b21-18-,26-19+/t60-,65-,66-,67-,68-,69-,70+,73+,74-,75+/m0/s1. The van der Waals surface area contributed by atoms with Crippen LogP contribution in [0, 0.1) is 11.8 Å². The highest BCUT2D eigenvalue weighted by Crippen LogP contribution is 2.36. The molecule has 6 bridgehead atoms. The number of carbonyl (C=O) groups excluding carboxylic acids is 1. The number of likely N-dealkylation sites (N-methyl/N-ethyl adjacent to an activating group) is 6. The minimum atomic E-state index is -0.172. The summed E-state index contributed by atoms with van der Waals surface area (Å²) in [6.45, 7) is 28.9. The Kier molecular flexibility index (Phi) is 32.2. The van der Waals surface area contributed by atoms with Crippen LogP contribution in [0.3, 0.4) is 0 Å². The number of hydrogen-bond acceptors (Lipinski definition) is 13. The molecule has 1 saturated carbocycles. The predicted octanol–water partition coefficient (Wildman–Crippen LogP) is 11.3. The highest BCUT2D eigenvalue weighted by molar-refractivity contribution is 6.42. The molecule has 14 nitrogen and oxygen atoms in total. The van der Waals surface area contributed by atoms with E-state index >= 15 is 4.79 Å². The molecule has 16 heteroatoms. The highest BCUT2D eigenvalue weighted by atomic mass is 35.5. The van der Waals surface area contributed by atoms with E-state index in [0.717, 1.165) is 214 Å². The summed E-state index contributed by atoms with van der Waals surface area (Å²) in [5.74, 6) is 1.40. The van der Waals surface area contributed by atoms with Crippen molar-refractivity contribution in [2.75, 3.05) is 160 Å². The Morgan fingerprint density at radius 2 is 1.41 bits per heavy atom. The summed E-state index contributed by atoms with van der Waals surface area (Å²) < 4.78 is 6.54. The monoisotopic (exact) mass is 1330 g/mol. The van der Waals surface area contributed by atoms with E-state index in [-0.39, 0.29) is 23.7 Å². The summed E-state index contributed by atoms with van der Waals surface area (Å²) in [5, 5.41) is 14.0. The van der Waals surface area contributed by atoms with E-state index in [1.54, 1.807) is 0 Å². The Morgan fingerprint density at radius 1 is 0.645 bits per heavy atom. The third-order valence-electron chi connectivity index (χ3n) is 23.3. The van der Waals surface area contributed by atoms with Crippen molar-refractivity contribution in [1.82, 2.24) is 60.0 Å². The first-order valence-electron chi connectivity index (χ1n) is 37.6. The number of nitrogens with one attached hydrogen (secondary N) is 3. The fraction of sp³-hybridized carbons (Fsp3) is 0.779. The van der Waals surface area contributed by atoms with Crippen LogP contribution < -0.4 is 16.0 Å². The Morgan fingerprint density at radius 3 is 2.13 bits per heavy atom. The molecule has 11 atom stereocenters. The first-order chi connectivity index (χ1) is 45.0. The van der Waals surface area contributed by atoms with Gasteiger partial charge in [0.25, 0.3) is 0 Å². The molecule has 3 N–H and O–H groups in total. The van der Waals surface area contributed by atoms with Gasteiger partial charge in [-0.05, 0) is 186 Å². The van der Waals surface area contributed by atoms with E-state index in [1.165, 1.54) is 42.4 Å². The molecule has 1 spiro atoms. The first-order valence-corrected chi connectivity index (χ1v) is 38.4. The number of ether oxygens (including phenoxy) is 1. The zero-order valence-corrected chi connectivity index (χ0v) is 62.0. The van der Waals surface area contributed by atoms with Crippen LogP contribution >= 0.6 is 23.2 Å². The number of aryl methyl sites for hydroxylation is 1. The van der Waals surface area contributed by atoms with Crippen LogP contribution in [-0.4, -0.2) is 270 Å². The van der Waals surface area contributed by atoms with Crippen molar-refractivity contribution in [1.29, 1.82) is 0 Å². The Bertz CT molecular complexity index is 2510. The van der Waals surface area contributed by atoms with Gasteiger partial charge in [0.1, 0.15) is 0 Å². The Balaban J connectivity index is 1.14. The van der Waals surface area contributed by atoms with E-state index in [0.29, 0.717) is 64.0 Å². The Labute approximate surface area is 577 Å². The molecule has 2 aromatic rings. The lowest BCUT2D eigenvalue weighted by atomic mass is 9.75. The van der Waals surface area contributed by atoms with Gasteiger partial charge in [0.05, 0.1) is 22.2 Å². The number of nitrogens with zero attached hydrogens (tertiary/aromatic N) is 9. The van der Waals surface area contributed by atoms with Gasteiger partial charge < -0.3 is 50.1 Å². The van der Waals surface area contributed by atoms with E-state index in [4.69, 9.17) is 27.9 Å². The van der Waals surface area contributed by atoms with Gasteiger partial charge in [-0.3, -0.25) is 19.5 Å². The molecule has 1 amide bonds. The van der Waals surface area contributed by atoms with Gasteiger partial charge in [-0.25, -0.2) is 0 Å². The number of rotatable bonds is 11. The summed E-state index contributed by atoms with van der Waals surface area (Å²) in [6.07, 6.45) is 30.6. The number of likely N-dealkylation sites (tertiary alicyclic amines) is 1. The fourth-order valence-electron chi connectivity index (χ4n) is 16.6. The molecule has 93 heavy (non-hydrogen) atoms. The van der Waals surface area contributed by atoms with Crippen molar-refractivity contribution >= 4 is 35.2 Å². The minimum absolute atomic E-state index is 0.0502. The van der Waals surface area contributed by atoms with Gasteiger partial charge in [0, 0.05) is 166 Å². The lowest BCUT2D eigenvalue weighted by Gasteiger charge is -2.49. The van der Waals surface area contributed by atoms with Crippen molar-refractivity contribution in [2.24, 2.45) is 11.8 Å². The second-order valence-electron chi connectivity index (χ2n) is 30.2. The Hall–Kier alpha value is -2.51. The second-order valence-corrected chi connectivity index (χ2v) is 31.0. The minimum Gasteiger partial charge on any atom is -0.377 e. The average molecular weight is 1330 g/mol.